The number of piperidine rings is 1. The fraction of sp³-hybridized carbons (Fsp3) is 0.261. The van der Waals surface area contributed by atoms with Gasteiger partial charge in [0.25, 0.3) is 17.4 Å². The maximum absolute atomic E-state index is 13.2. The third-order valence-electron chi connectivity index (χ3n) is 5.98. The zero-order valence-electron chi connectivity index (χ0n) is 16.6. The molecule has 4 heterocycles. The Balaban J connectivity index is 1.38. The van der Waals surface area contributed by atoms with Gasteiger partial charge in [-0.2, -0.15) is 0 Å². The topological polar surface area (TPSA) is 71.4 Å². The minimum Gasteiger partial charge on any atom is -0.338 e. The van der Waals surface area contributed by atoms with Crippen LogP contribution in [-0.4, -0.2) is 34.4 Å². The molecule has 0 spiro atoms. The predicted octanol–water partition coefficient (Wildman–Crippen LogP) is 3.56. The van der Waals surface area contributed by atoms with Gasteiger partial charge in [-0.1, -0.05) is 6.07 Å². The van der Waals surface area contributed by atoms with Gasteiger partial charge in [-0.15, -0.1) is 11.3 Å². The van der Waals surface area contributed by atoms with Crippen LogP contribution >= 0.6 is 11.3 Å². The van der Waals surface area contributed by atoms with E-state index in [0.717, 1.165) is 12.1 Å². The van der Waals surface area contributed by atoms with E-state index in [0.29, 0.717) is 30.1 Å². The number of carbonyl (C=O) groups is 2. The van der Waals surface area contributed by atoms with Gasteiger partial charge in [-0.25, -0.2) is 4.39 Å². The second-order valence-corrected chi connectivity index (χ2v) is 8.98. The number of hydrogen-bond acceptors (Lipinski definition) is 4. The van der Waals surface area contributed by atoms with Gasteiger partial charge in [0.15, 0.2) is 0 Å². The fourth-order valence-corrected chi connectivity index (χ4v) is 5.19. The lowest BCUT2D eigenvalue weighted by atomic mass is 9.83. The summed E-state index contributed by atoms with van der Waals surface area (Å²) in [4.78, 5) is 40.6. The number of thiophene rings is 1. The van der Waals surface area contributed by atoms with Crippen LogP contribution in [0.5, 0.6) is 0 Å². The van der Waals surface area contributed by atoms with Crippen LogP contribution in [0.15, 0.2) is 58.7 Å². The van der Waals surface area contributed by atoms with Gasteiger partial charge in [0.05, 0.1) is 4.88 Å². The summed E-state index contributed by atoms with van der Waals surface area (Å²) < 4.78 is 14.9. The molecule has 2 amide bonds. The Morgan fingerprint density at radius 3 is 2.58 bits per heavy atom. The molecule has 2 unspecified atom stereocenters. The van der Waals surface area contributed by atoms with Crippen molar-refractivity contribution in [1.82, 2.24) is 9.47 Å². The van der Waals surface area contributed by atoms with Crippen molar-refractivity contribution in [2.45, 2.75) is 18.9 Å². The molecule has 158 valence electrons. The molecule has 5 rings (SSSR count). The second kappa shape index (κ2) is 7.77. The van der Waals surface area contributed by atoms with Crippen LogP contribution in [-0.2, 0) is 6.54 Å². The molecule has 3 aromatic rings. The molecule has 1 saturated heterocycles. The number of hydrogen-bond donors (Lipinski definition) is 1. The maximum Gasteiger partial charge on any atom is 0.274 e. The monoisotopic (exact) mass is 437 g/mol. The molecule has 31 heavy (non-hydrogen) atoms. The summed E-state index contributed by atoms with van der Waals surface area (Å²) in [6, 6.07) is 12.6. The summed E-state index contributed by atoms with van der Waals surface area (Å²) in [5.74, 6) is -0.587. The van der Waals surface area contributed by atoms with E-state index in [9.17, 15) is 18.8 Å². The zero-order valence-corrected chi connectivity index (χ0v) is 17.4. The first-order chi connectivity index (χ1) is 15.0. The van der Waals surface area contributed by atoms with E-state index in [1.165, 1.54) is 35.6 Å². The Kier molecular flexibility index (Phi) is 4.94. The predicted molar refractivity (Wildman–Crippen MR) is 116 cm³/mol. The standard InChI is InChI=1S/C23H20FN3O3S/c24-17-5-3-15(4-6-17)22(29)26-11-14-10-16(13-26)19-8-7-18(23(30)27(19)12-14)25-21(28)20-2-1-9-31-20/h1-9,14,16H,10-13H2,(H,25,28). The second-order valence-electron chi connectivity index (χ2n) is 8.03. The average Bonchev–Trinajstić information content (AvgIpc) is 3.31. The highest BCUT2D eigenvalue weighted by Crippen LogP contribution is 2.36. The molecule has 1 aromatic carbocycles. The number of nitrogens with zero attached hydrogens (tertiary/aromatic N) is 2. The first-order valence-electron chi connectivity index (χ1n) is 10.1. The minimum absolute atomic E-state index is 0.0478. The quantitative estimate of drug-likeness (QED) is 0.681. The highest BCUT2D eigenvalue weighted by molar-refractivity contribution is 7.12. The van der Waals surface area contributed by atoms with Gasteiger partial charge < -0.3 is 14.8 Å². The number of benzene rings is 1. The maximum atomic E-state index is 13.2. The van der Waals surface area contributed by atoms with Crippen LogP contribution in [0.1, 0.15) is 38.1 Å². The third kappa shape index (κ3) is 3.67. The fourth-order valence-electron chi connectivity index (χ4n) is 4.57. The number of likely N-dealkylation sites (tertiary alicyclic amines) is 1. The molecule has 0 aliphatic carbocycles. The van der Waals surface area contributed by atoms with Gasteiger partial charge in [0.2, 0.25) is 0 Å². The van der Waals surface area contributed by atoms with Crippen LogP contribution in [0.25, 0.3) is 0 Å². The van der Waals surface area contributed by atoms with Gasteiger partial charge >= 0.3 is 0 Å². The van der Waals surface area contributed by atoms with Crippen molar-refractivity contribution < 1.29 is 14.0 Å². The van der Waals surface area contributed by atoms with Crippen molar-refractivity contribution in [2.75, 3.05) is 18.4 Å². The number of amides is 2. The number of pyridine rings is 1. The largest absolute Gasteiger partial charge is 0.338 e. The van der Waals surface area contributed by atoms with Crippen molar-refractivity contribution in [2.24, 2.45) is 5.92 Å². The van der Waals surface area contributed by atoms with Crippen LogP contribution in [0.2, 0.25) is 0 Å². The molecule has 0 radical (unpaired) electrons. The summed E-state index contributed by atoms with van der Waals surface area (Å²) in [5.41, 5.74) is 1.40. The highest BCUT2D eigenvalue weighted by Gasteiger charge is 2.37. The zero-order chi connectivity index (χ0) is 21.5. The number of carbonyl (C=O) groups excluding carboxylic acids is 2. The lowest BCUT2D eigenvalue weighted by molar-refractivity contribution is 0.0594. The van der Waals surface area contributed by atoms with Crippen molar-refractivity contribution >= 4 is 28.8 Å². The van der Waals surface area contributed by atoms with Gasteiger partial charge in [0.1, 0.15) is 11.5 Å². The first kappa shape index (κ1) is 19.7. The highest BCUT2D eigenvalue weighted by atomic mass is 32.1. The Bertz CT molecular complexity index is 1200. The minimum atomic E-state index is -0.373. The van der Waals surface area contributed by atoms with Crippen molar-refractivity contribution in [3.05, 3.63) is 86.2 Å². The van der Waals surface area contributed by atoms with E-state index in [4.69, 9.17) is 0 Å². The van der Waals surface area contributed by atoms with E-state index in [2.05, 4.69) is 5.32 Å². The molecule has 0 saturated carbocycles. The van der Waals surface area contributed by atoms with Gasteiger partial charge in [-0.05, 0) is 60.2 Å². The lowest BCUT2D eigenvalue weighted by Gasteiger charge is -2.43. The molecule has 8 heteroatoms. The Morgan fingerprint density at radius 1 is 1.03 bits per heavy atom. The lowest BCUT2D eigenvalue weighted by Crippen LogP contribution is -2.49. The average molecular weight is 437 g/mol. The van der Waals surface area contributed by atoms with E-state index in [1.807, 2.05) is 11.4 Å². The molecule has 1 fully saturated rings. The number of fused-ring (bicyclic) bond motifs is 4. The molecule has 6 nitrogen and oxygen atoms in total. The molecule has 2 aliphatic heterocycles. The normalized spacial score (nSPS) is 19.6. The smallest absolute Gasteiger partial charge is 0.274 e. The van der Waals surface area contributed by atoms with E-state index in [-0.39, 0.29) is 40.7 Å². The Morgan fingerprint density at radius 2 is 1.84 bits per heavy atom. The van der Waals surface area contributed by atoms with Crippen LogP contribution in [0.4, 0.5) is 10.1 Å². The summed E-state index contributed by atoms with van der Waals surface area (Å²) in [7, 11) is 0. The van der Waals surface area contributed by atoms with E-state index >= 15 is 0 Å². The molecular weight excluding hydrogens is 417 g/mol. The Labute approximate surface area is 181 Å². The van der Waals surface area contributed by atoms with E-state index in [1.54, 1.807) is 27.7 Å². The number of rotatable bonds is 3. The molecule has 2 atom stereocenters. The SMILES string of the molecule is O=C(Nc1ccc2n(c1=O)CC1CC2CN(C(=O)c2ccc(F)cc2)C1)c1cccs1. The third-order valence-corrected chi connectivity index (χ3v) is 6.84. The summed E-state index contributed by atoms with van der Waals surface area (Å²) in [5, 5.41) is 4.54. The first-order valence-corrected chi connectivity index (χ1v) is 11.0. The van der Waals surface area contributed by atoms with Crippen LogP contribution in [0.3, 0.4) is 0 Å². The summed E-state index contributed by atoms with van der Waals surface area (Å²) in [6.07, 6.45) is 0.910. The van der Waals surface area contributed by atoms with Crippen LogP contribution in [0, 0.1) is 11.7 Å². The number of aromatic nitrogens is 1. The van der Waals surface area contributed by atoms with Gasteiger partial charge in [0, 0.05) is 36.8 Å². The Hall–Kier alpha value is -3.26. The van der Waals surface area contributed by atoms with Crippen molar-refractivity contribution in [1.29, 1.82) is 0 Å². The van der Waals surface area contributed by atoms with Crippen molar-refractivity contribution in [3.8, 4) is 0 Å². The summed E-state index contributed by atoms with van der Waals surface area (Å²) in [6.45, 7) is 1.55. The van der Waals surface area contributed by atoms with Gasteiger partial charge in [-0.3, -0.25) is 14.4 Å². The molecule has 2 aromatic heterocycles. The summed E-state index contributed by atoms with van der Waals surface area (Å²) >= 11 is 1.32. The van der Waals surface area contributed by atoms with Crippen molar-refractivity contribution in [3.63, 3.8) is 0 Å². The molecule has 1 N–H and O–H groups in total. The number of nitrogens with one attached hydrogen (secondary N) is 1. The number of halogens is 1. The van der Waals surface area contributed by atoms with E-state index < -0.39 is 0 Å². The van der Waals surface area contributed by atoms with Crippen LogP contribution < -0.4 is 10.9 Å². The molecule has 2 bridgehead atoms. The number of anilines is 1. The molecule has 2 aliphatic rings. The molecular formula is C23H20FN3O3S.